The van der Waals surface area contributed by atoms with E-state index < -0.39 is 33.4 Å². The molecule has 0 unspecified atom stereocenters. The molecular formula is C32H40N4O8S. The number of carbonyl (C=O) groups excluding carboxylic acids is 2. The van der Waals surface area contributed by atoms with Gasteiger partial charge in [-0.2, -0.15) is 0 Å². The summed E-state index contributed by atoms with van der Waals surface area (Å²) >= 11 is 0. The first-order valence-corrected chi connectivity index (χ1v) is 15.9. The molecule has 0 aliphatic carbocycles. The number of sulfonamides is 1. The topological polar surface area (TPSA) is 148 Å². The van der Waals surface area contributed by atoms with Crippen LogP contribution in [0, 0.1) is 17.0 Å². The Balaban J connectivity index is 2.13. The zero-order chi connectivity index (χ0) is 33.3. The minimum absolute atomic E-state index is 0.00499. The Labute approximate surface area is 264 Å². The van der Waals surface area contributed by atoms with E-state index in [4.69, 9.17) is 9.47 Å². The van der Waals surface area contributed by atoms with E-state index in [1.54, 1.807) is 43.3 Å². The van der Waals surface area contributed by atoms with Crippen molar-refractivity contribution in [3.8, 4) is 11.5 Å². The molecule has 0 aromatic heterocycles. The third-order valence-corrected chi connectivity index (χ3v) is 9.25. The lowest BCUT2D eigenvalue weighted by atomic mass is 10.1. The number of benzene rings is 3. The fourth-order valence-electron chi connectivity index (χ4n) is 4.68. The van der Waals surface area contributed by atoms with E-state index in [1.165, 1.54) is 50.3 Å². The van der Waals surface area contributed by atoms with Crippen molar-refractivity contribution >= 4 is 33.2 Å². The van der Waals surface area contributed by atoms with E-state index in [0.717, 1.165) is 10.4 Å². The van der Waals surface area contributed by atoms with E-state index in [-0.39, 0.29) is 46.7 Å². The largest absolute Gasteiger partial charge is 0.497 e. The van der Waals surface area contributed by atoms with Crippen molar-refractivity contribution in [3.05, 3.63) is 88.0 Å². The second-order valence-corrected chi connectivity index (χ2v) is 12.4. The van der Waals surface area contributed by atoms with E-state index in [1.807, 2.05) is 13.8 Å². The van der Waals surface area contributed by atoms with E-state index in [2.05, 4.69) is 5.32 Å². The van der Waals surface area contributed by atoms with Crippen LogP contribution in [0.3, 0.4) is 0 Å². The maximum atomic E-state index is 14.3. The highest BCUT2D eigenvalue weighted by Crippen LogP contribution is 2.30. The molecule has 0 aliphatic heterocycles. The van der Waals surface area contributed by atoms with Crippen LogP contribution in [0.5, 0.6) is 11.5 Å². The van der Waals surface area contributed by atoms with Crippen molar-refractivity contribution in [2.45, 2.75) is 64.1 Å². The average molecular weight is 641 g/mol. The minimum atomic E-state index is -4.51. The van der Waals surface area contributed by atoms with Gasteiger partial charge in [0.2, 0.25) is 11.8 Å². The summed E-state index contributed by atoms with van der Waals surface area (Å²) in [5, 5.41) is 14.6. The van der Waals surface area contributed by atoms with Crippen molar-refractivity contribution < 1.29 is 32.4 Å². The van der Waals surface area contributed by atoms with Gasteiger partial charge in [0.1, 0.15) is 24.1 Å². The molecule has 0 fully saturated rings. The maximum absolute atomic E-state index is 14.3. The molecule has 0 saturated heterocycles. The van der Waals surface area contributed by atoms with Gasteiger partial charge in [-0.1, -0.05) is 32.0 Å². The van der Waals surface area contributed by atoms with Crippen molar-refractivity contribution in [1.82, 2.24) is 10.2 Å². The van der Waals surface area contributed by atoms with Crippen molar-refractivity contribution in [3.63, 3.8) is 0 Å². The van der Waals surface area contributed by atoms with Crippen LogP contribution in [-0.4, -0.2) is 62.9 Å². The van der Waals surface area contributed by atoms with Gasteiger partial charge in [-0.05, 0) is 74.7 Å². The van der Waals surface area contributed by atoms with Crippen LogP contribution in [-0.2, 0) is 26.2 Å². The second-order valence-electron chi connectivity index (χ2n) is 10.5. The molecule has 0 bridgehead atoms. The number of ether oxygens (including phenoxy) is 2. The van der Waals surface area contributed by atoms with Crippen molar-refractivity contribution in [1.29, 1.82) is 0 Å². The molecule has 12 nitrogen and oxygen atoms in total. The summed E-state index contributed by atoms with van der Waals surface area (Å²) in [6, 6.07) is 15.6. The number of hydrogen-bond donors (Lipinski definition) is 1. The molecule has 3 aromatic rings. The highest BCUT2D eigenvalue weighted by molar-refractivity contribution is 7.92. The van der Waals surface area contributed by atoms with Gasteiger partial charge in [0.05, 0.1) is 29.7 Å². The molecule has 0 saturated carbocycles. The summed E-state index contributed by atoms with van der Waals surface area (Å²) in [5.41, 5.74) is 0.717. The average Bonchev–Trinajstić information content (AvgIpc) is 3.03. The van der Waals surface area contributed by atoms with E-state index >= 15 is 0 Å². The standard InChI is InChI=1S/C32H40N4O8S/c1-7-23(4)33-32(38)29(8-2)34(20-24-10-9-11-27(18-24)44-6)31(37)21-35(25-13-15-26(43-5)16-14-25)45(41,42)28-17-12-22(3)30(19-28)36(39)40/h9-19,23,29H,7-8,20-21H2,1-6H3,(H,33,38)/t23-,29+/m1/s1. The number of nitro groups is 1. The second kappa shape index (κ2) is 15.4. The zero-order valence-corrected chi connectivity index (χ0v) is 27.2. The van der Waals surface area contributed by atoms with Crippen LogP contribution in [0.4, 0.5) is 11.4 Å². The molecule has 0 heterocycles. The number of hydrogen-bond acceptors (Lipinski definition) is 8. The molecular weight excluding hydrogens is 600 g/mol. The number of carbonyl (C=O) groups is 2. The summed E-state index contributed by atoms with van der Waals surface area (Å²) in [6.07, 6.45) is 0.940. The Morgan fingerprint density at radius 2 is 1.62 bits per heavy atom. The number of rotatable bonds is 15. The number of nitrogens with zero attached hydrogens (tertiary/aromatic N) is 3. The first kappa shape index (κ1) is 34.8. The highest BCUT2D eigenvalue weighted by atomic mass is 32.2. The van der Waals surface area contributed by atoms with Gasteiger partial charge in [0.25, 0.3) is 15.7 Å². The predicted molar refractivity (Wildman–Crippen MR) is 171 cm³/mol. The molecule has 3 rings (SSSR count). The normalized spacial score (nSPS) is 12.5. The highest BCUT2D eigenvalue weighted by Gasteiger charge is 2.34. The Morgan fingerprint density at radius 3 is 2.20 bits per heavy atom. The van der Waals surface area contributed by atoms with Gasteiger partial charge < -0.3 is 19.7 Å². The summed E-state index contributed by atoms with van der Waals surface area (Å²) in [6.45, 7) is 6.37. The minimum Gasteiger partial charge on any atom is -0.497 e. The third kappa shape index (κ3) is 8.50. The van der Waals surface area contributed by atoms with E-state index in [0.29, 0.717) is 23.5 Å². The van der Waals surface area contributed by atoms with E-state index in [9.17, 15) is 28.1 Å². The molecule has 0 spiro atoms. The summed E-state index contributed by atoms with van der Waals surface area (Å²) in [7, 11) is -1.53. The molecule has 0 radical (unpaired) electrons. The molecule has 2 amide bonds. The fraction of sp³-hybridized carbons (Fsp3) is 0.375. The number of nitro benzene ring substituents is 1. The van der Waals surface area contributed by atoms with Crippen molar-refractivity contribution in [2.24, 2.45) is 0 Å². The van der Waals surface area contributed by atoms with Crippen molar-refractivity contribution in [2.75, 3.05) is 25.1 Å². The molecule has 45 heavy (non-hydrogen) atoms. The zero-order valence-electron chi connectivity index (χ0n) is 26.3. The van der Waals surface area contributed by atoms with Crippen LogP contribution in [0.1, 0.15) is 44.7 Å². The lowest BCUT2D eigenvalue weighted by Gasteiger charge is -2.33. The Morgan fingerprint density at radius 1 is 0.956 bits per heavy atom. The van der Waals surface area contributed by atoms with Gasteiger partial charge in [-0.25, -0.2) is 8.42 Å². The van der Waals surface area contributed by atoms with Gasteiger partial charge in [0, 0.05) is 24.2 Å². The molecule has 13 heteroatoms. The predicted octanol–water partition coefficient (Wildman–Crippen LogP) is 4.84. The Hall–Kier alpha value is -4.65. The third-order valence-electron chi connectivity index (χ3n) is 7.48. The molecule has 2 atom stereocenters. The number of anilines is 1. The smallest absolute Gasteiger partial charge is 0.273 e. The van der Waals surface area contributed by atoms with Gasteiger partial charge in [-0.15, -0.1) is 0 Å². The number of nitrogens with one attached hydrogen (secondary N) is 1. The summed E-state index contributed by atoms with van der Waals surface area (Å²) in [5.74, 6) is 0.00213. The number of methoxy groups -OCH3 is 2. The van der Waals surface area contributed by atoms with Crippen LogP contribution < -0.4 is 19.1 Å². The van der Waals surface area contributed by atoms with Crippen LogP contribution in [0.2, 0.25) is 0 Å². The van der Waals surface area contributed by atoms with Crippen LogP contribution >= 0.6 is 0 Å². The number of amides is 2. The number of aryl methyl sites for hydroxylation is 1. The quantitative estimate of drug-likeness (QED) is 0.183. The lowest BCUT2D eigenvalue weighted by Crippen LogP contribution is -2.53. The fourth-order valence-corrected chi connectivity index (χ4v) is 6.11. The van der Waals surface area contributed by atoms with Gasteiger partial charge in [-0.3, -0.25) is 24.0 Å². The SMILES string of the molecule is CC[C@@H](C)NC(=O)[C@H](CC)N(Cc1cccc(OC)c1)C(=O)CN(c1ccc(OC)cc1)S(=O)(=O)c1ccc(C)c([N+](=O)[O-])c1. The van der Waals surface area contributed by atoms with Crippen LogP contribution in [0.25, 0.3) is 0 Å². The molecule has 3 aromatic carbocycles. The Bertz CT molecular complexity index is 1610. The summed E-state index contributed by atoms with van der Waals surface area (Å²) < 4.78 is 39.7. The lowest BCUT2D eigenvalue weighted by molar-refractivity contribution is -0.385. The Kier molecular flexibility index (Phi) is 11.9. The molecule has 1 N–H and O–H groups in total. The monoisotopic (exact) mass is 640 g/mol. The molecule has 0 aliphatic rings. The van der Waals surface area contributed by atoms with Crippen LogP contribution in [0.15, 0.2) is 71.6 Å². The van der Waals surface area contributed by atoms with Gasteiger partial charge >= 0.3 is 0 Å². The first-order chi connectivity index (χ1) is 21.4. The maximum Gasteiger partial charge on any atom is 0.273 e. The van der Waals surface area contributed by atoms with Gasteiger partial charge in [0.15, 0.2) is 0 Å². The summed E-state index contributed by atoms with van der Waals surface area (Å²) in [4.78, 5) is 39.7. The molecule has 242 valence electrons. The first-order valence-electron chi connectivity index (χ1n) is 14.5.